The fraction of sp³-hybridized carbons (Fsp3) is 0.533. The molecule has 1 aliphatic rings. The summed E-state index contributed by atoms with van der Waals surface area (Å²) in [6.07, 6.45) is 0.610. The lowest BCUT2D eigenvalue weighted by molar-refractivity contribution is -0.122. The van der Waals surface area contributed by atoms with Gasteiger partial charge in [-0.2, -0.15) is 0 Å². The van der Waals surface area contributed by atoms with Gasteiger partial charge in [0.2, 0.25) is 5.91 Å². The molecule has 1 fully saturated rings. The maximum Gasteiger partial charge on any atom is 0.234 e. The standard InChI is InChI=1S/C15H21ClN2O3S2/c1-18(13-6-9-23(20,21)11-13)10-15(19)17-7-8-22-14-4-2-12(16)3-5-14/h2-5,13H,6-11H2,1H3,(H,17,19). The second-order valence-electron chi connectivity index (χ2n) is 5.62. The van der Waals surface area contributed by atoms with E-state index in [4.69, 9.17) is 11.6 Å². The molecule has 8 heteroatoms. The quantitative estimate of drug-likeness (QED) is 0.579. The Morgan fingerprint density at radius 3 is 2.70 bits per heavy atom. The molecule has 1 amide bonds. The molecule has 1 heterocycles. The maximum absolute atomic E-state index is 11.9. The Morgan fingerprint density at radius 1 is 1.39 bits per heavy atom. The first-order valence-corrected chi connectivity index (χ1v) is 10.6. The van der Waals surface area contributed by atoms with Gasteiger partial charge in [-0.3, -0.25) is 9.69 Å². The molecular formula is C15H21ClN2O3S2. The highest BCUT2D eigenvalue weighted by atomic mass is 35.5. The van der Waals surface area contributed by atoms with Crippen molar-refractivity contribution in [2.75, 3.05) is 37.4 Å². The van der Waals surface area contributed by atoms with Gasteiger partial charge in [0.05, 0.1) is 18.1 Å². The molecule has 0 aliphatic carbocycles. The lowest BCUT2D eigenvalue weighted by Gasteiger charge is -2.22. The summed E-state index contributed by atoms with van der Waals surface area (Å²) in [5.41, 5.74) is 0. The Bertz CT molecular complexity index is 635. The molecule has 0 bridgehead atoms. The Kier molecular flexibility index (Phi) is 6.76. The van der Waals surface area contributed by atoms with Crippen molar-refractivity contribution in [1.82, 2.24) is 10.2 Å². The van der Waals surface area contributed by atoms with E-state index < -0.39 is 9.84 Å². The average molecular weight is 377 g/mol. The van der Waals surface area contributed by atoms with Crippen LogP contribution in [0, 0.1) is 0 Å². The SMILES string of the molecule is CN(CC(=O)NCCSc1ccc(Cl)cc1)C1CCS(=O)(=O)C1. The smallest absolute Gasteiger partial charge is 0.234 e. The number of rotatable bonds is 7. The molecule has 1 atom stereocenters. The van der Waals surface area contributed by atoms with E-state index in [0.29, 0.717) is 18.0 Å². The first-order valence-electron chi connectivity index (χ1n) is 7.41. The lowest BCUT2D eigenvalue weighted by atomic mass is 10.2. The predicted molar refractivity (Wildman–Crippen MR) is 94.9 cm³/mol. The van der Waals surface area contributed by atoms with E-state index in [1.54, 1.807) is 18.8 Å². The molecule has 128 valence electrons. The van der Waals surface area contributed by atoms with Crippen molar-refractivity contribution in [3.63, 3.8) is 0 Å². The summed E-state index contributed by atoms with van der Waals surface area (Å²) in [5, 5.41) is 3.57. The van der Waals surface area contributed by atoms with E-state index in [0.717, 1.165) is 10.6 Å². The van der Waals surface area contributed by atoms with Crippen LogP contribution in [0.15, 0.2) is 29.2 Å². The second-order valence-corrected chi connectivity index (χ2v) is 9.46. The molecule has 0 radical (unpaired) electrons. The summed E-state index contributed by atoms with van der Waals surface area (Å²) >= 11 is 7.47. The van der Waals surface area contributed by atoms with Crippen LogP contribution in [0.25, 0.3) is 0 Å². The molecule has 1 N–H and O–H groups in total. The topological polar surface area (TPSA) is 66.5 Å². The zero-order valence-corrected chi connectivity index (χ0v) is 15.4. The highest BCUT2D eigenvalue weighted by molar-refractivity contribution is 7.99. The first-order chi connectivity index (χ1) is 10.9. The zero-order valence-electron chi connectivity index (χ0n) is 13.0. The van der Waals surface area contributed by atoms with Crippen LogP contribution < -0.4 is 5.32 Å². The van der Waals surface area contributed by atoms with Crippen LogP contribution in [0.4, 0.5) is 0 Å². The van der Waals surface area contributed by atoms with E-state index in [1.807, 2.05) is 29.2 Å². The summed E-state index contributed by atoms with van der Waals surface area (Å²) in [4.78, 5) is 14.8. The van der Waals surface area contributed by atoms with Crippen LogP contribution in [0.1, 0.15) is 6.42 Å². The normalized spacial score (nSPS) is 19.9. The van der Waals surface area contributed by atoms with Gasteiger partial charge in [-0.15, -0.1) is 11.8 Å². The molecule has 0 spiro atoms. The van der Waals surface area contributed by atoms with Gasteiger partial charge in [-0.05, 0) is 37.7 Å². The minimum absolute atomic E-state index is 0.0470. The van der Waals surface area contributed by atoms with Crippen LogP contribution in [-0.2, 0) is 14.6 Å². The van der Waals surface area contributed by atoms with Crippen molar-refractivity contribution in [2.24, 2.45) is 0 Å². The van der Waals surface area contributed by atoms with E-state index >= 15 is 0 Å². The number of likely N-dealkylation sites (N-methyl/N-ethyl adjacent to an activating group) is 1. The first kappa shape index (κ1) is 18.6. The number of sulfone groups is 1. The molecule has 1 aliphatic heterocycles. The fourth-order valence-electron chi connectivity index (χ4n) is 2.42. The van der Waals surface area contributed by atoms with E-state index in [-0.39, 0.29) is 30.0 Å². The third-order valence-corrected chi connectivity index (χ3v) is 6.75. The average Bonchev–Trinajstić information content (AvgIpc) is 2.86. The highest BCUT2D eigenvalue weighted by Gasteiger charge is 2.31. The van der Waals surface area contributed by atoms with Crippen molar-refractivity contribution in [3.05, 3.63) is 29.3 Å². The predicted octanol–water partition coefficient (Wildman–Crippen LogP) is 1.67. The number of benzene rings is 1. The molecule has 1 aromatic rings. The van der Waals surface area contributed by atoms with Gasteiger partial charge in [0.1, 0.15) is 0 Å². The van der Waals surface area contributed by atoms with Crippen molar-refractivity contribution >= 4 is 39.1 Å². The Balaban J connectivity index is 1.64. The molecule has 1 saturated heterocycles. The summed E-state index contributed by atoms with van der Waals surface area (Å²) < 4.78 is 22.9. The van der Waals surface area contributed by atoms with Crippen LogP contribution >= 0.6 is 23.4 Å². The summed E-state index contributed by atoms with van der Waals surface area (Å²) in [5.74, 6) is 1.08. The van der Waals surface area contributed by atoms with Gasteiger partial charge in [0, 0.05) is 28.3 Å². The Hall–Kier alpha value is -0.760. The van der Waals surface area contributed by atoms with E-state index in [9.17, 15) is 13.2 Å². The van der Waals surface area contributed by atoms with Crippen molar-refractivity contribution in [3.8, 4) is 0 Å². The van der Waals surface area contributed by atoms with E-state index in [2.05, 4.69) is 5.32 Å². The molecular weight excluding hydrogens is 356 g/mol. The summed E-state index contributed by atoms with van der Waals surface area (Å²) in [7, 11) is -1.12. The summed E-state index contributed by atoms with van der Waals surface area (Å²) in [6.45, 7) is 0.800. The molecule has 0 aromatic heterocycles. The minimum atomic E-state index is -2.92. The largest absolute Gasteiger partial charge is 0.354 e. The van der Waals surface area contributed by atoms with Gasteiger partial charge in [0.25, 0.3) is 0 Å². The third-order valence-electron chi connectivity index (χ3n) is 3.73. The minimum Gasteiger partial charge on any atom is -0.354 e. The van der Waals surface area contributed by atoms with Crippen LogP contribution in [0.5, 0.6) is 0 Å². The number of thioether (sulfide) groups is 1. The van der Waals surface area contributed by atoms with Crippen LogP contribution in [0.2, 0.25) is 5.02 Å². The number of carbonyl (C=O) groups is 1. The van der Waals surface area contributed by atoms with Gasteiger partial charge in [-0.1, -0.05) is 11.6 Å². The Labute approximate surface area is 146 Å². The number of halogens is 1. The van der Waals surface area contributed by atoms with Crippen LogP contribution in [0.3, 0.4) is 0 Å². The molecule has 5 nitrogen and oxygen atoms in total. The van der Waals surface area contributed by atoms with Crippen LogP contribution in [-0.4, -0.2) is 62.7 Å². The second kappa shape index (κ2) is 8.37. The Morgan fingerprint density at radius 2 is 2.09 bits per heavy atom. The number of amides is 1. The maximum atomic E-state index is 11.9. The van der Waals surface area contributed by atoms with Gasteiger partial charge >= 0.3 is 0 Å². The number of nitrogens with one attached hydrogen (secondary N) is 1. The van der Waals surface area contributed by atoms with Crippen molar-refractivity contribution < 1.29 is 13.2 Å². The van der Waals surface area contributed by atoms with Crippen molar-refractivity contribution in [1.29, 1.82) is 0 Å². The number of hydrogen-bond donors (Lipinski definition) is 1. The lowest BCUT2D eigenvalue weighted by Crippen LogP contribution is -2.41. The molecule has 1 aromatic carbocycles. The van der Waals surface area contributed by atoms with E-state index in [1.165, 1.54) is 0 Å². The zero-order chi connectivity index (χ0) is 16.9. The highest BCUT2D eigenvalue weighted by Crippen LogP contribution is 2.19. The van der Waals surface area contributed by atoms with Gasteiger partial charge in [-0.25, -0.2) is 8.42 Å². The number of carbonyl (C=O) groups excluding carboxylic acids is 1. The number of nitrogens with zero attached hydrogens (tertiary/aromatic N) is 1. The van der Waals surface area contributed by atoms with Gasteiger partial charge in [0.15, 0.2) is 9.84 Å². The molecule has 0 saturated carbocycles. The number of hydrogen-bond acceptors (Lipinski definition) is 5. The van der Waals surface area contributed by atoms with Gasteiger partial charge < -0.3 is 5.32 Å². The molecule has 2 rings (SSSR count). The monoisotopic (exact) mass is 376 g/mol. The summed E-state index contributed by atoms with van der Waals surface area (Å²) in [6, 6.07) is 7.53. The molecule has 23 heavy (non-hydrogen) atoms. The molecule has 1 unspecified atom stereocenters. The van der Waals surface area contributed by atoms with Crippen molar-refractivity contribution in [2.45, 2.75) is 17.4 Å². The third kappa shape index (κ3) is 6.33. The fourth-order valence-corrected chi connectivity index (χ4v) is 5.12.